The fraction of sp³-hybridized carbons (Fsp3) is 0.111. The van der Waals surface area contributed by atoms with Crippen LogP contribution in [0.5, 0.6) is 5.75 Å². The molecule has 5 nitrogen and oxygen atoms in total. The van der Waals surface area contributed by atoms with Crippen LogP contribution >= 0.6 is 22.6 Å². The lowest BCUT2D eigenvalue weighted by Crippen LogP contribution is -2.20. The van der Waals surface area contributed by atoms with Crippen LogP contribution in [-0.2, 0) is 4.79 Å². The van der Waals surface area contributed by atoms with Gasteiger partial charge >= 0.3 is 5.63 Å². The molecule has 1 heterocycles. The molecule has 0 aliphatic carbocycles. The Morgan fingerprint density at radius 1 is 1.21 bits per heavy atom. The summed E-state index contributed by atoms with van der Waals surface area (Å²) in [7, 11) is 0. The van der Waals surface area contributed by atoms with Crippen molar-refractivity contribution in [2.24, 2.45) is 0 Å². The van der Waals surface area contributed by atoms with Crippen molar-refractivity contribution in [1.29, 1.82) is 0 Å². The van der Waals surface area contributed by atoms with Crippen molar-refractivity contribution in [1.82, 2.24) is 0 Å². The molecule has 0 aliphatic rings. The first-order valence-corrected chi connectivity index (χ1v) is 8.32. The minimum absolute atomic E-state index is 0.132. The molecule has 1 aromatic heterocycles. The first-order valence-electron chi connectivity index (χ1n) is 7.24. The van der Waals surface area contributed by atoms with Gasteiger partial charge in [0.05, 0.1) is 5.69 Å². The maximum absolute atomic E-state index is 12.0. The number of para-hydroxylation sites is 1. The predicted octanol–water partition coefficient (Wildman–Crippen LogP) is 3.72. The third-order valence-electron chi connectivity index (χ3n) is 3.44. The fourth-order valence-corrected chi connectivity index (χ4v) is 2.82. The van der Waals surface area contributed by atoms with E-state index in [-0.39, 0.29) is 12.5 Å². The third-order valence-corrected chi connectivity index (χ3v) is 4.38. The van der Waals surface area contributed by atoms with E-state index < -0.39 is 5.63 Å². The molecule has 0 fully saturated rings. The van der Waals surface area contributed by atoms with Crippen LogP contribution in [0, 0.1) is 10.5 Å². The second kappa shape index (κ2) is 7.04. The first-order chi connectivity index (χ1) is 11.5. The molecule has 0 bridgehead atoms. The normalized spacial score (nSPS) is 10.6. The summed E-state index contributed by atoms with van der Waals surface area (Å²) in [4.78, 5) is 23.4. The zero-order chi connectivity index (χ0) is 17.1. The van der Waals surface area contributed by atoms with E-state index in [2.05, 4.69) is 27.9 Å². The van der Waals surface area contributed by atoms with E-state index in [1.165, 1.54) is 6.07 Å². The molecule has 0 saturated heterocycles. The summed E-state index contributed by atoms with van der Waals surface area (Å²) in [6.07, 6.45) is 0. The minimum atomic E-state index is -0.409. The molecule has 3 rings (SSSR count). The monoisotopic (exact) mass is 435 g/mol. The van der Waals surface area contributed by atoms with Gasteiger partial charge in [0.15, 0.2) is 6.61 Å². The highest BCUT2D eigenvalue weighted by Gasteiger charge is 2.08. The van der Waals surface area contributed by atoms with E-state index in [0.717, 1.165) is 20.2 Å². The molecule has 1 amide bonds. The Hall–Kier alpha value is -2.35. The number of hydrogen-bond donors (Lipinski definition) is 1. The second-order valence-corrected chi connectivity index (χ2v) is 6.39. The van der Waals surface area contributed by atoms with Gasteiger partial charge in [0.1, 0.15) is 11.3 Å². The number of carbonyl (C=O) groups excluding carboxylic acids is 1. The Labute approximate surface area is 151 Å². The Morgan fingerprint density at radius 2 is 2.00 bits per heavy atom. The summed E-state index contributed by atoms with van der Waals surface area (Å²) >= 11 is 2.15. The Kier molecular flexibility index (Phi) is 4.84. The molecule has 0 saturated carbocycles. The maximum Gasteiger partial charge on any atom is 0.336 e. The van der Waals surface area contributed by atoms with Gasteiger partial charge in [-0.1, -0.05) is 12.1 Å². The Balaban J connectivity index is 1.70. The van der Waals surface area contributed by atoms with E-state index in [0.29, 0.717) is 11.3 Å². The largest absolute Gasteiger partial charge is 0.484 e. The zero-order valence-electron chi connectivity index (χ0n) is 12.8. The van der Waals surface area contributed by atoms with Gasteiger partial charge in [0, 0.05) is 21.1 Å². The van der Waals surface area contributed by atoms with Gasteiger partial charge in [-0.05, 0) is 59.3 Å². The van der Waals surface area contributed by atoms with E-state index in [9.17, 15) is 9.59 Å². The molecule has 0 unspecified atom stereocenters. The molecule has 2 aromatic carbocycles. The van der Waals surface area contributed by atoms with Crippen LogP contribution < -0.4 is 15.7 Å². The van der Waals surface area contributed by atoms with E-state index >= 15 is 0 Å². The van der Waals surface area contributed by atoms with Crippen molar-refractivity contribution < 1.29 is 13.9 Å². The van der Waals surface area contributed by atoms with Crippen LogP contribution in [0.1, 0.15) is 5.56 Å². The number of ether oxygens (including phenoxy) is 1. The van der Waals surface area contributed by atoms with Crippen LogP contribution in [0.15, 0.2) is 57.7 Å². The average molecular weight is 435 g/mol. The summed E-state index contributed by atoms with van der Waals surface area (Å²) in [6.45, 7) is 1.71. The second-order valence-electron chi connectivity index (χ2n) is 5.22. The van der Waals surface area contributed by atoms with Crippen LogP contribution in [0.3, 0.4) is 0 Å². The summed E-state index contributed by atoms with van der Waals surface area (Å²) in [5.41, 5.74) is 1.61. The SMILES string of the molecule is Cc1cc(=O)oc2cc(OCC(=O)Nc3ccccc3I)ccc12. The summed E-state index contributed by atoms with van der Waals surface area (Å²) < 4.78 is 11.6. The van der Waals surface area contributed by atoms with Crippen LogP contribution in [0.25, 0.3) is 11.0 Å². The topological polar surface area (TPSA) is 68.5 Å². The lowest BCUT2D eigenvalue weighted by atomic mass is 10.1. The number of halogens is 1. The van der Waals surface area contributed by atoms with E-state index in [4.69, 9.17) is 9.15 Å². The summed E-state index contributed by atoms with van der Waals surface area (Å²) in [6, 6.07) is 14.1. The average Bonchev–Trinajstić information content (AvgIpc) is 2.54. The van der Waals surface area contributed by atoms with Gasteiger partial charge in [-0.15, -0.1) is 0 Å². The summed E-state index contributed by atoms with van der Waals surface area (Å²) in [5, 5.41) is 3.63. The highest BCUT2D eigenvalue weighted by molar-refractivity contribution is 14.1. The molecule has 1 N–H and O–H groups in total. The number of rotatable bonds is 4. The van der Waals surface area contributed by atoms with Crippen molar-refractivity contribution in [3.8, 4) is 5.75 Å². The van der Waals surface area contributed by atoms with Crippen molar-refractivity contribution >= 4 is 45.2 Å². The molecule has 24 heavy (non-hydrogen) atoms. The van der Waals surface area contributed by atoms with Crippen molar-refractivity contribution in [3.63, 3.8) is 0 Å². The Morgan fingerprint density at radius 3 is 2.79 bits per heavy atom. The molecule has 0 radical (unpaired) electrons. The van der Waals surface area contributed by atoms with Crippen molar-refractivity contribution in [2.75, 3.05) is 11.9 Å². The van der Waals surface area contributed by atoms with Gasteiger partial charge in [0.25, 0.3) is 5.91 Å². The number of fused-ring (bicyclic) bond motifs is 1. The number of hydrogen-bond acceptors (Lipinski definition) is 4. The maximum atomic E-state index is 12.0. The van der Waals surface area contributed by atoms with Crippen LogP contribution in [-0.4, -0.2) is 12.5 Å². The smallest absolute Gasteiger partial charge is 0.336 e. The Bertz CT molecular complexity index is 965. The highest BCUT2D eigenvalue weighted by Crippen LogP contribution is 2.22. The van der Waals surface area contributed by atoms with Crippen molar-refractivity contribution in [2.45, 2.75) is 6.92 Å². The quantitative estimate of drug-likeness (QED) is 0.501. The van der Waals surface area contributed by atoms with E-state index in [1.807, 2.05) is 31.2 Å². The van der Waals surface area contributed by atoms with Gasteiger partial charge in [-0.25, -0.2) is 4.79 Å². The number of carbonyl (C=O) groups is 1. The summed E-state index contributed by atoms with van der Waals surface area (Å²) in [5.74, 6) is 0.207. The number of nitrogens with one attached hydrogen (secondary N) is 1. The molecule has 0 aliphatic heterocycles. The van der Waals surface area contributed by atoms with Crippen molar-refractivity contribution in [3.05, 3.63) is 68.1 Å². The zero-order valence-corrected chi connectivity index (χ0v) is 15.0. The molecular weight excluding hydrogens is 421 g/mol. The van der Waals surface area contributed by atoms with Gasteiger partial charge in [-0.3, -0.25) is 4.79 Å². The minimum Gasteiger partial charge on any atom is -0.484 e. The fourth-order valence-electron chi connectivity index (χ4n) is 2.29. The van der Waals surface area contributed by atoms with Gasteiger partial charge in [-0.2, -0.15) is 0 Å². The van der Waals surface area contributed by atoms with Gasteiger partial charge < -0.3 is 14.5 Å². The van der Waals surface area contributed by atoms with Gasteiger partial charge in [0.2, 0.25) is 0 Å². The molecule has 3 aromatic rings. The number of amides is 1. The standard InChI is InChI=1S/C18H14INO4/c1-11-8-18(22)24-16-9-12(6-7-13(11)16)23-10-17(21)20-15-5-3-2-4-14(15)19/h2-9H,10H2,1H3,(H,20,21). The molecule has 0 spiro atoms. The number of aryl methyl sites for hydroxylation is 1. The van der Waals surface area contributed by atoms with E-state index in [1.54, 1.807) is 18.2 Å². The highest BCUT2D eigenvalue weighted by atomic mass is 127. The van der Waals surface area contributed by atoms with Crippen LogP contribution in [0.4, 0.5) is 5.69 Å². The lowest BCUT2D eigenvalue weighted by molar-refractivity contribution is -0.118. The molecular formula is C18H14INO4. The lowest BCUT2D eigenvalue weighted by Gasteiger charge is -2.09. The third kappa shape index (κ3) is 3.76. The molecule has 6 heteroatoms. The predicted molar refractivity (Wildman–Crippen MR) is 101 cm³/mol. The number of anilines is 1. The first kappa shape index (κ1) is 16.5. The number of benzene rings is 2. The molecule has 0 atom stereocenters. The van der Waals surface area contributed by atoms with Crippen LogP contribution in [0.2, 0.25) is 0 Å². The molecule has 122 valence electrons.